The number of nitrogens with one attached hydrogen (secondary N) is 2. The molecular weight excluding hydrogens is 450 g/mol. The molecule has 5 rings (SSSR count). The summed E-state index contributed by atoms with van der Waals surface area (Å²) in [7, 11) is 0. The van der Waals surface area contributed by atoms with Gasteiger partial charge in [-0.25, -0.2) is 9.69 Å². The van der Waals surface area contributed by atoms with Crippen LogP contribution in [0.3, 0.4) is 0 Å². The number of nitrogens with zero attached hydrogens (tertiary/aromatic N) is 1. The molecule has 0 spiro atoms. The smallest absolute Gasteiger partial charge is 0.319 e. The average Bonchev–Trinajstić information content (AvgIpc) is 3.20. The van der Waals surface area contributed by atoms with Gasteiger partial charge in [-0.2, -0.15) is 0 Å². The maximum absolute atomic E-state index is 14.2. The lowest BCUT2D eigenvalue weighted by atomic mass is 9.73. The van der Waals surface area contributed by atoms with Gasteiger partial charge in [0.05, 0.1) is 17.8 Å². The molecule has 1 fully saturated rings. The Hall–Kier alpha value is -4.71. The molecule has 4 amide bonds. The van der Waals surface area contributed by atoms with Gasteiger partial charge in [-0.1, -0.05) is 103 Å². The molecule has 1 aliphatic rings. The predicted octanol–water partition coefficient (Wildman–Crippen LogP) is 5.26. The molecular formula is C30H25N3O3. The summed E-state index contributed by atoms with van der Waals surface area (Å²) in [4.78, 5) is 41.5. The van der Waals surface area contributed by atoms with Gasteiger partial charge in [-0.15, -0.1) is 0 Å². The average molecular weight is 476 g/mol. The number of benzene rings is 4. The van der Waals surface area contributed by atoms with Crippen LogP contribution in [0.2, 0.25) is 0 Å². The second-order valence-corrected chi connectivity index (χ2v) is 8.66. The first-order valence-electron chi connectivity index (χ1n) is 11.8. The van der Waals surface area contributed by atoms with Crippen molar-refractivity contribution >= 4 is 29.2 Å². The maximum Gasteiger partial charge on any atom is 0.319 e. The third kappa shape index (κ3) is 4.25. The molecule has 0 radical (unpaired) electrons. The molecule has 0 saturated carbocycles. The largest absolute Gasteiger partial charge is 0.334 e. The Kier molecular flexibility index (Phi) is 6.33. The molecule has 4 aromatic carbocycles. The lowest BCUT2D eigenvalue weighted by molar-refractivity contribution is -0.122. The van der Waals surface area contributed by atoms with Crippen molar-refractivity contribution in [3.8, 4) is 0 Å². The number of hydrogen-bond acceptors (Lipinski definition) is 3. The Labute approximate surface area is 209 Å². The van der Waals surface area contributed by atoms with Crippen LogP contribution in [0.15, 0.2) is 115 Å². The van der Waals surface area contributed by atoms with Crippen LogP contribution in [0.5, 0.6) is 0 Å². The Morgan fingerprint density at radius 3 is 1.86 bits per heavy atom. The highest BCUT2D eigenvalue weighted by molar-refractivity contribution is 6.27. The molecule has 6 heteroatoms. The van der Waals surface area contributed by atoms with E-state index in [4.69, 9.17) is 0 Å². The van der Waals surface area contributed by atoms with Crippen molar-refractivity contribution in [1.29, 1.82) is 0 Å². The highest BCUT2D eigenvalue weighted by atomic mass is 16.2. The first kappa shape index (κ1) is 23.1. The number of urea groups is 1. The number of hydrogen-bond donors (Lipinski definition) is 2. The van der Waals surface area contributed by atoms with Gasteiger partial charge in [0.1, 0.15) is 5.41 Å². The summed E-state index contributed by atoms with van der Waals surface area (Å²) >= 11 is 0. The molecule has 0 atom stereocenters. The van der Waals surface area contributed by atoms with Gasteiger partial charge < -0.3 is 10.6 Å². The Bertz CT molecular complexity index is 1350. The SMILES string of the molecule is O=C(NCc1ccccc1)Nc1ccccc1N1C(=O)CC(c2ccccc2)(c2ccccc2)C1=O. The van der Waals surface area contributed by atoms with Crippen LogP contribution in [0.4, 0.5) is 16.2 Å². The Morgan fingerprint density at radius 1 is 0.722 bits per heavy atom. The monoisotopic (exact) mass is 475 g/mol. The van der Waals surface area contributed by atoms with Crippen molar-refractivity contribution in [2.45, 2.75) is 18.4 Å². The van der Waals surface area contributed by atoms with E-state index in [0.29, 0.717) is 17.9 Å². The number of imide groups is 1. The molecule has 0 unspecified atom stereocenters. The van der Waals surface area contributed by atoms with E-state index in [9.17, 15) is 14.4 Å². The molecule has 1 aliphatic heterocycles. The van der Waals surface area contributed by atoms with Gasteiger partial charge in [-0.05, 0) is 28.8 Å². The van der Waals surface area contributed by atoms with E-state index in [2.05, 4.69) is 10.6 Å². The number of carbonyl (C=O) groups is 3. The molecule has 0 aromatic heterocycles. The van der Waals surface area contributed by atoms with Crippen molar-refractivity contribution in [2.75, 3.05) is 10.2 Å². The normalized spacial score (nSPS) is 14.5. The number of anilines is 2. The van der Waals surface area contributed by atoms with Crippen LogP contribution in [-0.2, 0) is 21.5 Å². The second-order valence-electron chi connectivity index (χ2n) is 8.66. The minimum atomic E-state index is -1.15. The van der Waals surface area contributed by atoms with Crippen LogP contribution in [-0.4, -0.2) is 17.8 Å². The first-order chi connectivity index (χ1) is 17.6. The first-order valence-corrected chi connectivity index (χ1v) is 11.8. The molecule has 36 heavy (non-hydrogen) atoms. The summed E-state index contributed by atoms with van der Waals surface area (Å²) < 4.78 is 0. The topological polar surface area (TPSA) is 78.5 Å². The molecule has 0 aliphatic carbocycles. The third-order valence-electron chi connectivity index (χ3n) is 6.46. The second kappa shape index (κ2) is 9.88. The van der Waals surface area contributed by atoms with Crippen LogP contribution < -0.4 is 15.5 Å². The zero-order chi connectivity index (χ0) is 25.0. The quantitative estimate of drug-likeness (QED) is 0.374. The van der Waals surface area contributed by atoms with Gasteiger partial charge in [0, 0.05) is 6.54 Å². The standard InChI is InChI=1S/C30H25N3O3/c34-27-20-30(23-14-6-2-7-15-23,24-16-8-3-9-17-24)28(35)33(27)26-19-11-10-18-25(26)32-29(36)31-21-22-12-4-1-5-13-22/h1-19H,20-21H2,(H2,31,32,36). The van der Waals surface area contributed by atoms with Gasteiger partial charge in [0.15, 0.2) is 0 Å². The third-order valence-corrected chi connectivity index (χ3v) is 6.46. The van der Waals surface area contributed by atoms with Crippen LogP contribution in [0.25, 0.3) is 0 Å². The van der Waals surface area contributed by atoms with Crippen molar-refractivity contribution in [1.82, 2.24) is 5.32 Å². The van der Waals surface area contributed by atoms with E-state index in [1.807, 2.05) is 91.0 Å². The summed E-state index contributed by atoms with van der Waals surface area (Å²) in [5.41, 5.74) is 2.03. The van der Waals surface area contributed by atoms with Gasteiger partial charge in [0.2, 0.25) is 11.8 Å². The lowest BCUT2D eigenvalue weighted by Gasteiger charge is -2.28. The number of rotatable bonds is 6. The fourth-order valence-electron chi connectivity index (χ4n) is 4.71. The number of carbonyl (C=O) groups excluding carboxylic acids is 3. The maximum atomic E-state index is 14.2. The predicted molar refractivity (Wildman–Crippen MR) is 140 cm³/mol. The summed E-state index contributed by atoms with van der Waals surface area (Å²) in [6.07, 6.45) is -0.00556. The fourth-order valence-corrected chi connectivity index (χ4v) is 4.71. The number of para-hydroxylation sites is 2. The molecule has 0 bridgehead atoms. The highest BCUT2D eigenvalue weighted by Crippen LogP contribution is 2.45. The van der Waals surface area contributed by atoms with E-state index in [1.54, 1.807) is 24.3 Å². The fraction of sp³-hybridized carbons (Fsp3) is 0.100. The molecule has 1 saturated heterocycles. The molecule has 4 aromatic rings. The summed E-state index contributed by atoms with van der Waals surface area (Å²) in [5, 5.41) is 5.63. The van der Waals surface area contributed by atoms with E-state index in [1.165, 1.54) is 4.90 Å². The van der Waals surface area contributed by atoms with Crippen molar-refractivity contribution < 1.29 is 14.4 Å². The van der Waals surface area contributed by atoms with Gasteiger partial charge >= 0.3 is 6.03 Å². The van der Waals surface area contributed by atoms with Crippen LogP contribution in [0, 0.1) is 0 Å². The van der Waals surface area contributed by atoms with E-state index in [-0.39, 0.29) is 18.2 Å². The summed E-state index contributed by atoms with van der Waals surface area (Å²) in [6, 6.07) is 34.7. The number of amides is 4. The van der Waals surface area contributed by atoms with Crippen molar-refractivity contribution in [2.24, 2.45) is 0 Å². The van der Waals surface area contributed by atoms with Crippen LogP contribution in [0.1, 0.15) is 23.1 Å². The molecule has 178 valence electrons. The molecule has 1 heterocycles. The van der Waals surface area contributed by atoms with E-state index < -0.39 is 11.4 Å². The lowest BCUT2D eigenvalue weighted by Crippen LogP contribution is -2.40. The zero-order valence-corrected chi connectivity index (χ0v) is 19.6. The summed E-state index contributed by atoms with van der Waals surface area (Å²) in [6.45, 7) is 0.349. The van der Waals surface area contributed by atoms with E-state index in [0.717, 1.165) is 16.7 Å². The van der Waals surface area contributed by atoms with Crippen molar-refractivity contribution in [3.05, 3.63) is 132 Å². The minimum absolute atomic E-state index is 0.00556. The van der Waals surface area contributed by atoms with Crippen molar-refractivity contribution in [3.63, 3.8) is 0 Å². The van der Waals surface area contributed by atoms with Crippen LogP contribution >= 0.6 is 0 Å². The minimum Gasteiger partial charge on any atom is -0.334 e. The van der Waals surface area contributed by atoms with Gasteiger partial charge in [-0.3, -0.25) is 9.59 Å². The zero-order valence-electron chi connectivity index (χ0n) is 19.6. The molecule has 6 nitrogen and oxygen atoms in total. The van der Waals surface area contributed by atoms with Gasteiger partial charge in [0.25, 0.3) is 0 Å². The summed E-state index contributed by atoms with van der Waals surface area (Å²) in [5.74, 6) is -0.671. The van der Waals surface area contributed by atoms with E-state index >= 15 is 0 Å². The molecule has 2 N–H and O–H groups in total. The Morgan fingerprint density at radius 2 is 1.25 bits per heavy atom. The Balaban J connectivity index is 1.47. The highest BCUT2D eigenvalue weighted by Gasteiger charge is 2.54.